The molecule has 0 radical (unpaired) electrons. The lowest BCUT2D eigenvalue weighted by Crippen LogP contribution is -2.53. The molecule has 49 heavy (non-hydrogen) atoms. The minimum Gasteiger partial charge on any atom is -0.493 e. The molecule has 0 fully saturated rings. The highest BCUT2D eigenvalue weighted by Crippen LogP contribution is 2.33. The van der Waals surface area contributed by atoms with Gasteiger partial charge in [-0.1, -0.05) is 74.0 Å². The molecule has 4 aromatic rings. The van der Waals surface area contributed by atoms with Gasteiger partial charge in [0.2, 0.25) is 11.8 Å². The Morgan fingerprint density at radius 1 is 0.816 bits per heavy atom. The van der Waals surface area contributed by atoms with Gasteiger partial charge < -0.3 is 19.7 Å². The van der Waals surface area contributed by atoms with E-state index in [0.717, 1.165) is 21.0 Å². The van der Waals surface area contributed by atoms with E-state index in [2.05, 4.69) is 5.32 Å². The SMILES string of the molecule is COc1ccc(S(=O)(=O)N(CC(=O)N(Cc2cccc(Cl)c2)C(Cc2ccccc2)C(=O)NCC(C)C)c2cc(C)cc(C)c2)cc1OC. The standard InChI is InChI=1S/C38H44ClN3O6S/c1-26(2)23-40-38(44)34(21-29-11-8-7-9-12-29)41(24-30-13-10-14-31(39)20-30)37(43)25-42(32-18-27(3)17-28(4)19-32)49(45,46)33-15-16-35(47-5)36(22-33)48-6/h7-20,22,26,34H,21,23-25H2,1-6H3,(H,40,44). The molecule has 0 saturated carbocycles. The number of hydrogen-bond acceptors (Lipinski definition) is 6. The lowest BCUT2D eigenvalue weighted by Gasteiger charge is -2.34. The number of aryl methyl sites for hydroxylation is 2. The molecule has 0 aromatic heterocycles. The van der Waals surface area contributed by atoms with Crippen LogP contribution >= 0.6 is 11.6 Å². The average molecular weight is 706 g/mol. The number of halogens is 1. The summed E-state index contributed by atoms with van der Waals surface area (Å²) in [7, 11) is -1.47. The van der Waals surface area contributed by atoms with Crippen LogP contribution in [0, 0.1) is 19.8 Å². The van der Waals surface area contributed by atoms with Crippen molar-refractivity contribution in [2.45, 2.75) is 51.6 Å². The molecule has 260 valence electrons. The van der Waals surface area contributed by atoms with Gasteiger partial charge in [0, 0.05) is 30.6 Å². The van der Waals surface area contributed by atoms with E-state index in [9.17, 15) is 18.0 Å². The van der Waals surface area contributed by atoms with Crippen molar-refractivity contribution in [2.75, 3.05) is 31.6 Å². The zero-order chi connectivity index (χ0) is 35.7. The van der Waals surface area contributed by atoms with Crippen molar-refractivity contribution in [1.82, 2.24) is 10.2 Å². The van der Waals surface area contributed by atoms with Crippen LogP contribution in [-0.2, 0) is 32.6 Å². The Labute approximate surface area is 294 Å². The lowest BCUT2D eigenvalue weighted by molar-refractivity contribution is -0.140. The number of nitrogens with zero attached hydrogens (tertiary/aromatic N) is 2. The zero-order valence-corrected chi connectivity index (χ0v) is 30.3. The van der Waals surface area contributed by atoms with Crippen LogP contribution in [0.25, 0.3) is 0 Å². The first-order chi connectivity index (χ1) is 23.3. The molecule has 0 aliphatic heterocycles. The summed E-state index contributed by atoms with van der Waals surface area (Å²) in [4.78, 5) is 30.0. The number of anilines is 1. The normalized spacial score (nSPS) is 11.9. The van der Waals surface area contributed by atoms with Gasteiger partial charge >= 0.3 is 0 Å². The van der Waals surface area contributed by atoms with Crippen LogP contribution in [0.5, 0.6) is 11.5 Å². The highest BCUT2D eigenvalue weighted by atomic mass is 35.5. The number of nitrogens with one attached hydrogen (secondary N) is 1. The largest absolute Gasteiger partial charge is 0.493 e. The summed E-state index contributed by atoms with van der Waals surface area (Å²) in [5.41, 5.74) is 3.49. The first kappa shape index (κ1) is 37.3. The van der Waals surface area contributed by atoms with Crippen molar-refractivity contribution in [3.05, 3.63) is 118 Å². The Morgan fingerprint density at radius 2 is 1.47 bits per heavy atom. The maximum Gasteiger partial charge on any atom is 0.264 e. The zero-order valence-electron chi connectivity index (χ0n) is 28.8. The number of hydrogen-bond donors (Lipinski definition) is 1. The van der Waals surface area contributed by atoms with E-state index >= 15 is 0 Å². The second kappa shape index (κ2) is 16.7. The van der Waals surface area contributed by atoms with Crippen LogP contribution in [0.3, 0.4) is 0 Å². The van der Waals surface area contributed by atoms with Crippen molar-refractivity contribution >= 4 is 39.1 Å². The van der Waals surface area contributed by atoms with Crippen molar-refractivity contribution in [1.29, 1.82) is 0 Å². The predicted octanol–water partition coefficient (Wildman–Crippen LogP) is 6.58. The molecular weight excluding hydrogens is 662 g/mol. The third kappa shape index (κ3) is 9.77. The minimum absolute atomic E-state index is 0.0169. The van der Waals surface area contributed by atoms with Gasteiger partial charge in [0.15, 0.2) is 11.5 Å². The molecule has 0 saturated heterocycles. The Bertz CT molecular complexity index is 1850. The smallest absolute Gasteiger partial charge is 0.264 e. The van der Waals surface area contributed by atoms with Crippen LogP contribution in [0.2, 0.25) is 5.02 Å². The summed E-state index contributed by atoms with van der Waals surface area (Å²) >= 11 is 6.34. The average Bonchev–Trinajstić information content (AvgIpc) is 3.07. The second-order valence-electron chi connectivity index (χ2n) is 12.4. The van der Waals surface area contributed by atoms with Gasteiger partial charge in [0.25, 0.3) is 10.0 Å². The molecule has 1 N–H and O–H groups in total. The van der Waals surface area contributed by atoms with Gasteiger partial charge in [-0.3, -0.25) is 13.9 Å². The fraction of sp³-hybridized carbons (Fsp3) is 0.316. The lowest BCUT2D eigenvalue weighted by atomic mass is 10.0. The summed E-state index contributed by atoms with van der Waals surface area (Å²) in [6, 6.07) is 25.2. The highest BCUT2D eigenvalue weighted by Gasteiger charge is 2.35. The summed E-state index contributed by atoms with van der Waals surface area (Å²) in [5, 5.41) is 3.47. The number of carbonyl (C=O) groups is 2. The van der Waals surface area contributed by atoms with Gasteiger partial charge in [-0.15, -0.1) is 0 Å². The molecule has 0 bridgehead atoms. The second-order valence-corrected chi connectivity index (χ2v) is 14.7. The van der Waals surface area contributed by atoms with Crippen LogP contribution in [-0.4, -0.2) is 58.5 Å². The molecule has 1 atom stereocenters. The van der Waals surface area contributed by atoms with E-state index in [1.165, 1.54) is 37.3 Å². The van der Waals surface area contributed by atoms with Crippen molar-refractivity contribution in [3.8, 4) is 11.5 Å². The van der Waals surface area contributed by atoms with Gasteiger partial charge in [-0.2, -0.15) is 0 Å². The molecule has 11 heteroatoms. The van der Waals surface area contributed by atoms with Gasteiger partial charge in [0.05, 0.1) is 24.8 Å². The summed E-state index contributed by atoms with van der Waals surface area (Å²) in [5.74, 6) is -0.149. The number of amides is 2. The molecular formula is C38H44ClN3O6S. The highest BCUT2D eigenvalue weighted by molar-refractivity contribution is 7.92. The molecule has 4 aromatic carbocycles. The number of ether oxygens (including phenoxy) is 2. The van der Waals surface area contributed by atoms with Crippen molar-refractivity contribution in [3.63, 3.8) is 0 Å². The van der Waals surface area contributed by atoms with E-state index < -0.39 is 28.5 Å². The predicted molar refractivity (Wildman–Crippen MR) is 194 cm³/mol. The third-order valence-electron chi connectivity index (χ3n) is 7.91. The van der Waals surface area contributed by atoms with Crippen LogP contribution < -0.4 is 19.1 Å². The van der Waals surface area contributed by atoms with Crippen LogP contribution in [0.4, 0.5) is 5.69 Å². The van der Waals surface area contributed by atoms with E-state index in [1.807, 2.05) is 70.2 Å². The third-order valence-corrected chi connectivity index (χ3v) is 9.92. The molecule has 0 heterocycles. The Hall–Kier alpha value is -4.54. The van der Waals surface area contributed by atoms with Gasteiger partial charge in [-0.25, -0.2) is 8.42 Å². The van der Waals surface area contributed by atoms with E-state index in [1.54, 1.807) is 30.3 Å². The minimum atomic E-state index is -4.35. The van der Waals surface area contributed by atoms with Gasteiger partial charge in [0.1, 0.15) is 12.6 Å². The quantitative estimate of drug-likeness (QED) is 0.150. The fourth-order valence-electron chi connectivity index (χ4n) is 5.54. The van der Waals surface area contributed by atoms with Crippen molar-refractivity contribution in [2.24, 2.45) is 5.92 Å². The summed E-state index contributed by atoms with van der Waals surface area (Å²) in [6.07, 6.45) is 0.211. The monoisotopic (exact) mass is 705 g/mol. The molecule has 0 spiro atoms. The number of rotatable bonds is 15. The Kier molecular flexibility index (Phi) is 12.7. The summed E-state index contributed by atoms with van der Waals surface area (Å²) < 4.78 is 40.9. The first-order valence-electron chi connectivity index (χ1n) is 16.0. The molecule has 4 rings (SSSR count). The van der Waals surface area contributed by atoms with Crippen molar-refractivity contribution < 1.29 is 27.5 Å². The summed E-state index contributed by atoms with van der Waals surface area (Å²) in [6.45, 7) is 7.54. The Morgan fingerprint density at radius 3 is 2.08 bits per heavy atom. The number of methoxy groups -OCH3 is 2. The van der Waals surface area contributed by atoms with E-state index in [-0.39, 0.29) is 35.4 Å². The molecule has 1 unspecified atom stereocenters. The fourth-order valence-corrected chi connectivity index (χ4v) is 7.16. The number of benzene rings is 4. The molecule has 0 aliphatic carbocycles. The maximum atomic E-state index is 14.7. The molecule has 0 aliphatic rings. The number of sulfonamides is 1. The number of carbonyl (C=O) groups excluding carboxylic acids is 2. The van der Waals surface area contributed by atoms with E-state index in [4.69, 9.17) is 21.1 Å². The van der Waals surface area contributed by atoms with Crippen LogP contribution in [0.1, 0.15) is 36.1 Å². The first-order valence-corrected chi connectivity index (χ1v) is 17.8. The molecule has 9 nitrogen and oxygen atoms in total. The van der Waals surface area contributed by atoms with E-state index in [0.29, 0.717) is 28.6 Å². The van der Waals surface area contributed by atoms with Crippen LogP contribution in [0.15, 0.2) is 95.9 Å². The Balaban J connectivity index is 1.85. The molecule has 2 amide bonds. The maximum absolute atomic E-state index is 14.7. The topological polar surface area (TPSA) is 105 Å². The van der Waals surface area contributed by atoms with Gasteiger partial charge in [-0.05, 0) is 78.4 Å².